The number of hydrogen-bond acceptors (Lipinski definition) is 1. The maximum absolute atomic E-state index is 10.4. The van der Waals surface area contributed by atoms with E-state index in [1.54, 1.807) is 18.2 Å². The summed E-state index contributed by atoms with van der Waals surface area (Å²) in [5.74, 6) is -0.872. The topological polar surface area (TPSA) is 37.3 Å². The average Bonchev–Trinajstić information content (AvgIpc) is 2.08. The smallest absolute Gasteiger partial charge is 0.335 e. The molecule has 0 aliphatic heterocycles. The summed E-state index contributed by atoms with van der Waals surface area (Å²) in [6.45, 7) is 5.87. The molecule has 0 heterocycles. The lowest BCUT2D eigenvalue weighted by Gasteiger charge is -1.93. The van der Waals surface area contributed by atoms with Crippen molar-refractivity contribution in [3.05, 3.63) is 35.4 Å². The van der Waals surface area contributed by atoms with Crippen LogP contribution in [0.1, 0.15) is 29.8 Å². The van der Waals surface area contributed by atoms with Gasteiger partial charge in [0, 0.05) is 0 Å². The molecule has 0 aromatic heterocycles. The van der Waals surface area contributed by atoms with E-state index in [4.69, 9.17) is 5.11 Å². The summed E-state index contributed by atoms with van der Waals surface area (Å²) < 4.78 is 0. The van der Waals surface area contributed by atoms with Crippen LogP contribution in [0.3, 0.4) is 0 Å². The molecule has 0 spiro atoms. The lowest BCUT2D eigenvalue weighted by molar-refractivity contribution is 0.0697. The van der Waals surface area contributed by atoms with E-state index in [2.05, 4.69) is 0 Å². The number of rotatable bonds is 1. The monoisotopic (exact) mass is 166 g/mol. The first-order valence-electron chi connectivity index (χ1n) is 4.00. The standard InChI is InChI=1S/C8H8O2.C2H6/c1-6-3-2-4-7(5-6)8(9)10;1-2/h2-5H,1H3,(H,9,10);1-2H3. The highest BCUT2D eigenvalue weighted by Gasteiger charge is 1.99. The molecule has 12 heavy (non-hydrogen) atoms. The van der Waals surface area contributed by atoms with Crippen LogP contribution in [-0.4, -0.2) is 11.1 Å². The zero-order valence-corrected chi connectivity index (χ0v) is 7.66. The fraction of sp³-hybridized carbons (Fsp3) is 0.300. The third kappa shape index (κ3) is 3.19. The largest absolute Gasteiger partial charge is 0.478 e. The zero-order chi connectivity index (χ0) is 9.56. The number of aryl methyl sites for hydroxylation is 1. The molecule has 0 saturated carbocycles. The van der Waals surface area contributed by atoms with Gasteiger partial charge in [0.1, 0.15) is 0 Å². The van der Waals surface area contributed by atoms with Gasteiger partial charge in [0.05, 0.1) is 5.56 Å². The third-order valence-electron chi connectivity index (χ3n) is 1.27. The van der Waals surface area contributed by atoms with Gasteiger partial charge < -0.3 is 5.11 Å². The molecular weight excluding hydrogens is 152 g/mol. The Morgan fingerprint density at radius 2 is 1.92 bits per heavy atom. The fourth-order valence-corrected chi connectivity index (χ4v) is 0.778. The first-order valence-corrected chi connectivity index (χ1v) is 4.00. The van der Waals surface area contributed by atoms with E-state index in [0.29, 0.717) is 5.56 Å². The van der Waals surface area contributed by atoms with Gasteiger partial charge in [-0.05, 0) is 19.1 Å². The van der Waals surface area contributed by atoms with Gasteiger partial charge in [0.15, 0.2) is 0 Å². The first kappa shape index (κ1) is 10.7. The molecule has 66 valence electrons. The van der Waals surface area contributed by atoms with E-state index in [-0.39, 0.29) is 0 Å². The molecule has 1 N–H and O–H groups in total. The molecule has 0 saturated heterocycles. The van der Waals surface area contributed by atoms with Gasteiger partial charge in [-0.2, -0.15) is 0 Å². The fourth-order valence-electron chi connectivity index (χ4n) is 0.778. The second-order valence-corrected chi connectivity index (χ2v) is 2.17. The Labute approximate surface area is 72.9 Å². The zero-order valence-electron chi connectivity index (χ0n) is 7.66. The molecule has 1 aromatic carbocycles. The molecule has 0 bridgehead atoms. The van der Waals surface area contributed by atoms with Crippen LogP contribution in [0.4, 0.5) is 0 Å². The summed E-state index contributed by atoms with van der Waals surface area (Å²) in [6, 6.07) is 6.82. The second-order valence-electron chi connectivity index (χ2n) is 2.17. The van der Waals surface area contributed by atoms with Crippen molar-refractivity contribution in [1.29, 1.82) is 0 Å². The molecule has 0 aliphatic carbocycles. The van der Waals surface area contributed by atoms with E-state index in [0.717, 1.165) is 5.56 Å². The Morgan fingerprint density at radius 3 is 2.25 bits per heavy atom. The first-order chi connectivity index (χ1) is 5.70. The van der Waals surface area contributed by atoms with Gasteiger partial charge in [0.25, 0.3) is 0 Å². The van der Waals surface area contributed by atoms with Crippen LogP contribution in [0.15, 0.2) is 24.3 Å². The molecule has 1 aromatic rings. The highest BCUT2D eigenvalue weighted by Crippen LogP contribution is 2.02. The highest BCUT2D eigenvalue weighted by atomic mass is 16.4. The number of aromatic carboxylic acids is 1. The van der Waals surface area contributed by atoms with Crippen molar-refractivity contribution in [2.45, 2.75) is 20.8 Å². The molecule has 1 rings (SSSR count). The van der Waals surface area contributed by atoms with Crippen LogP contribution in [0, 0.1) is 6.92 Å². The minimum Gasteiger partial charge on any atom is -0.478 e. The van der Waals surface area contributed by atoms with Crippen LogP contribution >= 0.6 is 0 Å². The predicted octanol–water partition coefficient (Wildman–Crippen LogP) is 2.72. The van der Waals surface area contributed by atoms with Crippen LogP contribution in [0.2, 0.25) is 0 Å². The van der Waals surface area contributed by atoms with Crippen molar-refractivity contribution < 1.29 is 9.90 Å². The van der Waals surface area contributed by atoms with Gasteiger partial charge in [-0.3, -0.25) is 0 Å². The minimum atomic E-state index is -0.872. The number of benzene rings is 1. The summed E-state index contributed by atoms with van der Waals surface area (Å²) >= 11 is 0. The van der Waals surface area contributed by atoms with Crippen LogP contribution < -0.4 is 0 Å². The van der Waals surface area contributed by atoms with Crippen molar-refractivity contribution in [3.8, 4) is 0 Å². The second kappa shape index (κ2) is 5.35. The molecule has 0 unspecified atom stereocenters. The molecule has 0 aliphatic rings. The van der Waals surface area contributed by atoms with Gasteiger partial charge in [-0.1, -0.05) is 31.5 Å². The summed E-state index contributed by atoms with van der Waals surface area (Å²) in [7, 11) is 0. The van der Waals surface area contributed by atoms with Crippen molar-refractivity contribution in [2.75, 3.05) is 0 Å². The van der Waals surface area contributed by atoms with E-state index >= 15 is 0 Å². The maximum Gasteiger partial charge on any atom is 0.335 e. The number of carboxylic acid groups (broad SMARTS) is 1. The maximum atomic E-state index is 10.4. The third-order valence-corrected chi connectivity index (χ3v) is 1.27. The summed E-state index contributed by atoms with van der Waals surface area (Å²) in [5.41, 5.74) is 1.32. The Hall–Kier alpha value is -1.31. The van der Waals surface area contributed by atoms with Crippen molar-refractivity contribution in [2.24, 2.45) is 0 Å². The Balaban J connectivity index is 0.000000561. The Kier molecular flexibility index (Phi) is 4.77. The predicted molar refractivity (Wildman–Crippen MR) is 49.5 cm³/mol. The van der Waals surface area contributed by atoms with E-state index in [1.807, 2.05) is 26.8 Å². The molecule has 2 heteroatoms. The van der Waals surface area contributed by atoms with E-state index in [9.17, 15) is 4.79 Å². The molecule has 0 amide bonds. The number of hydrogen-bond donors (Lipinski definition) is 1. The SMILES string of the molecule is CC.Cc1cccc(C(=O)O)c1. The van der Waals surface area contributed by atoms with Gasteiger partial charge >= 0.3 is 5.97 Å². The van der Waals surface area contributed by atoms with Gasteiger partial charge in [0.2, 0.25) is 0 Å². The van der Waals surface area contributed by atoms with E-state index < -0.39 is 5.97 Å². The quantitative estimate of drug-likeness (QED) is 0.696. The molecule has 0 atom stereocenters. The van der Waals surface area contributed by atoms with E-state index in [1.165, 1.54) is 0 Å². The van der Waals surface area contributed by atoms with Gasteiger partial charge in [-0.15, -0.1) is 0 Å². The highest BCUT2D eigenvalue weighted by molar-refractivity contribution is 5.87. The van der Waals surface area contributed by atoms with Crippen LogP contribution in [0.25, 0.3) is 0 Å². The van der Waals surface area contributed by atoms with Gasteiger partial charge in [-0.25, -0.2) is 4.79 Å². The Bertz CT molecular complexity index is 254. The van der Waals surface area contributed by atoms with Crippen molar-refractivity contribution in [1.82, 2.24) is 0 Å². The van der Waals surface area contributed by atoms with Crippen LogP contribution in [-0.2, 0) is 0 Å². The molecular formula is C10H14O2. The molecule has 2 nitrogen and oxygen atoms in total. The van der Waals surface area contributed by atoms with Crippen molar-refractivity contribution in [3.63, 3.8) is 0 Å². The summed E-state index contributed by atoms with van der Waals surface area (Å²) in [5, 5.41) is 8.51. The van der Waals surface area contributed by atoms with Crippen LogP contribution in [0.5, 0.6) is 0 Å². The Morgan fingerprint density at radius 1 is 1.33 bits per heavy atom. The average molecular weight is 166 g/mol. The number of carbonyl (C=O) groups is 1. The molecule has 0 fully saturated rings. The minimum absolute atomic E-state index is 0.347. The summed E-state index contributed by atoms with van der Waals surface area (Å²) in [6.07, 6.45) is 0. The number of carboxylic acids is 1. The van der Waals surface area contributed by atoms with Crippen molar-refractivity contribution >= 4 is 5.97 Å². The summed E-state index contributed by atoms with van der Waals surface area (Å²) in [4.78, 5) is 10.4. The lowest BCUT2D eigenvalue weighted by Crippen LogP contribution is -1.95. The lowest BCUT2D eigenvalue weighted by atomic mass is 10.1. The normalized spacial score (nSPS) is 8.25. The molecule has 0 radical (unpaired) electrons.